The zero-order chi connectivity index (χ0) is 21.1. The maximum Gasteiger partial charge on any atom is 0.335 e. The van der Waals surface area contributed by atoms with Crippen LogP contribution >= 0.6 is 15.9 Å². The van der Waals surface area contributed by atoms with Crippen molar-refractivity contribution in [1.82, 2.24) is 14.5 Å². The van der Waals surface area contributed by atoms with Crippen LogP contribution in [0.1, 0.15) is 24.6 Å². The minimum Gasteiger partial charge on any atom is -0.460 e. The number of aromatic amines is 1. The van der Waals surface area contributed by atoms with Gasteiger partial charge < -0.3 is 14.4 Å². The number of hydrogen-bond acceptors (Lipinski definition) is 7. The lowest BCUT2D eigenvalue weighted by Gasteiger charge is -2.20. The van der Waals surface area contributed by atoms with Crippen LogP contribution in [0, 0.1) is 6.92 Å². The van der Waals surface area contributed by atoms with E-state index < -0.39 is 35.6 Å². The molecule has 1 saturated heterocycles. The van der Waals surface area contributed by atoms with E-state index >= 15 is 0 Å². The minimum absolute atomic E-state index is 0.140. The standard InChI is InChI=1S/C17H19BrN6O5/c1-9-5-24(17(27)20-15(9)25)14-4-12(21-22-19)13(29-14)8-28-16(26)10-3-11(18)7-23(2)6-10/h5-7,12-14H,3-4,8H2,1-2H3,(H,20,25,27)/t12-,13+,14+/m0/s1. The van der Waals surface area contributed by atoms with Crippen LogP contribution in [-0.2, 0) is 14.3 Å². The number of azide groups is 1. The summed E-state index contributed by atoms with van der Waals surface area (Å²) in [6, 6.07) is -0.633. The Kier molecular flexibility index (Phi) is 6.26. The van der Waals surface area contributed by atoms with Crippen LogP contribution < -0.4 is 11.2 Å². The number of carbonyl (C=O) groups excluding carboxylic acids is 1. The molecule has 3 heterocycles. The van der Waals surface area contributed by atoms with Crippen molar-refractivity contribution in [2.24, 2.45) is 5.11 Å². The lowest BCUT2D eigenvalue weighted by Crippen LogP contribution is -2.33. The molecule has 0 bridgehead atoms. The van der Waals surface area contributed by atoms with Gasteiger partial charge in [-0.1, -0.05) is 21.0 Å². The molecule has 3 atom stereocenters. The Morgan fingerprint density at radius 1 is 1.48 bits per heavy atom. The average Bonchev–Trinajstić information content (AvgIpc) is 3.05. The molecule has 0 aliphatic carbocycles. The van der Waals surface area contributed by atoms with Crippen LogP contribution in [0.4, 0.5) is 0 Å². The summed E-state index contributed by atoms with van der Waals surface area (Å²) in [5, 5.41) is 3.70. The summed E-state index contributed by atoms with van der Waals surface area (Å²) < 4.78 is 13.3. The molecule has 1 N–H and O–H groups in total. The van der Waals surface area contributed by atoms with E-state index in [0.29, 0.717) is 17.6 Å². The third kappa shape index (κ3) is 4.78. The second kappa shape index (κ2) is 8.68. The van der Waals surface area contributed by atoms with Crippen molar-refractivity contribution in [3.05, 3.63) is 65.5 Å². The van der Waals surface area contributed by atoms with Gasteiger partial charge in [0.2, 0.25) is 0 Å². The molecule has 12 heteroatoms. The maximum absolute atomic E-state index is 12.4. The second-order valence-corrected chi connectivity index (χ2v) is 7.81. The van der Waals surface area contributed by atoms with Crippen LogP contribution in [0.25, 0.3) is 10.4 Å². The van der Waals surface area contributed by atoms with Gasteiger partial charge >= 0.3 is 11.7 Å². The van der Waals surface area contributed by atoms with E-state index in [4.69, 9.17) is 15.0 Å². The van der Waals surface area contributed by atoms with Gasteiger partial charge in [0.05, 0.1) is 11.6 Å². The summed E-state index contributed by atoms with van der Waals surface area (Å²) in [5.41, 5.74) is 8.53. The Balaban J connectivity index is 1.71. The molecule has 29 heavy (non-hydrogen) atoms. The number of rotatable bonds is 5. The number of ether oxygens (including phenoxy) is 2. The topological polar surface area (TPSA) is 142 Å². The fraction of sp³-hybridized carbons (Fsp3) is 0.471. The number of nitrogens with one attached hydrogen (secondary N) is 1. The number of aryl methyl sites for hydroxylation is 1. The molecule has 11 nitrogen and oxygen atoms in total. The van der Waals surface area contributed by atoms with Crippen molar-refractivity contribution >= 4 is 21.9 Å². The Hall–Kier alpha value is -2.82. The van der Waals surface area contributed by atoms with Crippen molar-refractivity contribution in [2.75, 3.05) is 13.7 Å². The number of hydrogen-bond donors (Lipinski definition) is 1. The smallest absolute Gasteiger partial charge is 0.335 e. The van der Waals surface area contributed by atoms with Crippen molar-refractivity contribution in [3.8, 4) is 0 Å². The third-order valence-electron chi connectivity index (χ3n) is 4.56. The molecule has 1 aromatic rings. The Labute approximate surface area is 173 Å². The summed E-state index contributed by atoms with van der Waals surface area (Å²) in [7, 11) is 1.79. The number of aromatic nitrogens is 2. The summed E-state index contributed by atoms with van der Waals surface area (Å²) in [5.74, 6) is -0.509. The van der Waals surface area contributed by atoms with Gasteiger partial charge in [0.1, 0.15) is 18.9 Å². The van der Waals surface area contributed by atoms with Gasteiger partial charge in [0.25, 0.3) is 5.56 Å². The van der Waals surface area contributed by atoms with E-state index in [1.165, 1.54) is 10.8 Å². The fourth-order valence-electron chi connectivity index (χ4n) is 3.18. The van der Waals surface area contributed by atoms with Crippen molar-refractivity contribution in [1.29, 1.82) is 0 Å². The van der Waals surface area contributed by atoms with Crippen molar-refractivity contribution in [2.45, 2.75) is 38.1 Å². The van der Waals surface area contributed by atoms with Crippen molar-refractivity contribution in [3.63, 3.8) is 0 Å². The number of nitrogens with zero attached hydrogens (tertiary/aromatic N) is 5. The normalized spacial score (nSPS) is 23.8. The maximum atomic E-state index is 12.4. The Bertz CT molecular complexity index is 1040. The van der Waals surface area contributed by atoms with E-state index in [1.807, 2.05) is 6.20 Å². The first-order chi connectivity index (χ1) is 13.8. The quantitative estimate of drug-likeness (QED) is 0.303. The SMILES string of the molecule is Cc1cn([C@H]2C[C@H](N=[N+]=[N-])[C@@H](COC(=O)C3=CN(C)C=C(Br)C3)O2)c(=O)[nH]c1=O. The third-order valence-corrected chi connectivity index (χ3v) is 5.05. The molecule has 0 radical (unpaired) electrons. The van der Waals surface area contributed by atoms with E-state index in [2.05, 4.69) is 30.9 Å². The van der Waals surface area contributed by atoms with Gasteiger partial charge in [-0.3, -0.25) is 14.3 Å². The lowest BCUT2D eigenvalue weighted by molar-refractivity contribution is -0.144. The van der Waals surface area contributed by atoms with Gasteiger partial charge in [-0.25, -0.2) is 9.59 Å². The largest absolute Gasteiger partial charge is 0.460 e. The molecule has 2 aliphatic heterocycles. The summed E-state index contributed by atoms with van der Waals surface area (Å²) in [6.07, 6.45) is 4.02. The van der Waals surface area contributed by atoms with E-state index in [9.17, 15) is 14.4 Å². The first-order valence-electron chi connectivity index (χ1n) is 8.76. The molecular formula is C17H19BrN6O5. The van der Waals surface area contributed by atoms with E-state index in [0.717, 1.165) is 4.48 Å². The predicted molar refractivity (Wildman–Crippen MR) is 106 cm³/mol. The molecule has 0 aromatic carbocycles. The highest BCUT2D eigenvalue weighted by Crippen LogP contribution is 2.31. The second-order valence-electron chi connectivity index (χ2n) is 6.79. The molecule has 1 aromatic heterocycles. The van der Waals surface area contributed by atoms with Crippen LogP contribution in [0.2, 0.25) is 0 Å². The first kappa shape index (κ1) is 20.9. The summed E-state index contributed by atoms with van der Waals surface area (Å²) in [6.45, 7) is 1.42. The van der Waals surface area contributed by atoms with Crippen LogP contribution in [0.3, 0.4) is 0 Å². The molecule has 2 aliphatic rings. The number of carbonyl (C=O) groups is 1. The van der Waals surface area contributed by atoms with Crippen LogP contribution in [-0.4, -0.2) is 46.2 Å². The van der Waals surface area contributed by atoms with Crippen LogP contribution in [0.5, 0.6) is 0 Å². The van der Waals surface area contributed by atoms with Gasteiger partial charge in [0.15, 0.2) is 0 Å². The molecule has 0 amide bonds. The summed E-state index contributed by atoms with van der Waals surface area (Å²) >= 11 is 3.37. The molecule has 0 saturated carbocycles. The molecular weight excluding hydrogens is 448 g/mol. The van der Waals surface area contributed by atoms with E-state index in [-0.39, 0.29) is 13.0 Å². The summed E-state index contributed by atoms with van der Waals surface area (Å²) in [4.78, 5) is 42.8. The van der Waals surface area contributed by atoms with Gasteiger partial charge in [0, 0.05) is 53.4 Å². The fourth-order valence-corrected chi connectivity index (χ4v) is 3.80. The first-order valence-corrected chi connectivity index (χ1v) is 9.55. The van der Waals surface area contributed by atoms with Crippen molar-refractivity contribution < 1.29 is 14.3 Å². The highest BCUT2D eigenvalue weighted by atomic mass is 79.9. The predicted octanol–water partition coefficient (Wildman–Crippen LogP) is 1.81. The van der Waals surface area contributed by atoms with E-state index in [1.54, 1.807) is 25.1 Å². The molecule has 0 unspecified atom stereocenters. The number of H-pyrrole nitrogens is 1. The average molecular weight is 467 g/mol. The van der Waals surface area contributed by atoms with Crippen LogP contribution in [0.15, 0.2) is 43.4 Å². The molecule has 154 valence electrons. The number of halogens is 1. The lowest BCUT2D eigenvalue weighted by atomic mass is 10.1. The molecule has 3 rings (SSSR count). The van der Waals surface area contributed by atoms with Gasteiger partial charge in [-0.15, -0.1) is 0 Å². The minimum atomic E-state index is -0.755. The van der Waals surface area contributed by atoms with Gasteiger partial charge in [-0.2, -0.15) is 0 Å². The monoisotopic (exact) mass is 466 g/mol. The highest BCUT2D eigenvalue weighted by molar-refractivity contribution is 9.11. The zero-order valence-corrected chi connectivity index (χ0v) is 17.3. The molecule has 1 fully saturated rings. The Morgan fingerprint density at radius 3 is 2.93 bits per heavy atom. The molecule has 0 spiro atoms. The number of esters is 1. The Morgan fingerprint density at radius 2 is 2.24 bits per heavy atom. The highest BCUT2D eigenvalue weighted by Gasteiger charge is 2.37. The zero-order valence-electron chi connectivity index (χ0n) is 15.7. The van der Waals surface area contributed by atoms with Gasteiger partial charge in [-0.05, 0) is 12.5 Å². The number of allylic oxidation sites excluding steroid dienone is 1.